The molecule has 0 heterocycles. The number of benzene rings is 4. The van der Waals surface area contributed by atoms with E-state index in [0.717, 1.165) is 20.7 Å². The molecule has 4 rings (SSSR count). The van der Waals surface area contributed by atoms with Crippen LogP contribution in [0, 0.1) is 0 Å². The molecule has 0 saturated carbocycles. The Balaban J connectivity index is -0.00000417. The maximum Gasteiger partial charge on any atom is 0.468 e. The Morgan fingerprint density at radius 3 is 1.00 bits per heavy atom. The van der Waals surface area contributed by atoms with Gasteiger partial charge >= 0.3 is 25.9 Å². The van der Waals surface area contributed by atoms with Crippen molar-refractivity contribution in [1.29, 1.82) is 0 Å². The van der Waals surface area contributed by atoms with E-state index in [4.69, 9.17) is 20.6 Å². The largest absolute Gasteiger partial charge is 0.468 e. The summed E-state index contributed by atoms with van der Waals surface area (Å²) in [5.74, 6) is 0. The van der Waals surface area contributed by atoms with E-state index in [-0.39, 0.29) is 44.6 Å². The van der Waals surface area contributed by atoms with Gasteiger partial charge in [0.1, 0.15) is 0 Å². The molecule has 0 spiro atoms. The molecule has 0 saturated heterocycles. The molecule has 0 fully saturated rings. The van der Waals surface area contributed by atoms with Crippen molar-refractivity contribution >= 4 is 71.6 Å². The van der Waals surface area contributed by atoms with Crippen LogP contribution in [0.15, 0.2) is 146 Å². The summed E-state index contributed by atoms with van der Waals surface area (Å²) in [6.07, 6.45) is 0. The Labute approximate surface area is 333 Å². The summed E-state index contributed by atoms with van der Waals surface area (Å²) >= 11 is 0. The zero-order valence-corrected chi connectivity index (χ0v) is 35.2. The predicted octanol–water partition coefficient (Wildman–Crippen LogP) is 10.7. The highest BCUT2D eigenvalue weighted by Gasteiger charge is 2.56. The molecule has 0 amide bonds. The molecule has 0 aliphatic carbocycles. The van der Waals surface area contributed by atoms with Crippen molar-refractivity contribution in [3.05, 3.63) is 146 Å². The first-order valence-corrected chi connectivity index (χ1v) is 31.3. The summed E-state index contributed by atoms with van der Waals surface area (Å²) in [6, 6.07) is 41.7. The Morgan fingerprint density at radius 1 is 0.377 bits per heavy atom. The smallest absolute Gasteiger partial charge is 0.426 e. The molecule has 1 atom stereocenters. The lowest BCUT2D eigenvalue weighted by molar-refractivity contribution is 0.232. The van der Waals surface area contributed by atoms with E-state index in [1.165, 1.54) is 0 Å². The lowest BCUT2D eigenvalue weighted by atomic mass is 10.4. The van der Waals surface area contributed by atoms with Crippen molar-refractivity contribution in [3.63, 3.8) is 0 Å². The Morgan fingerprint density at radius 2 is 0.679 bits per heavy atom. The molecule has 11 heteroatoms. The van der Waals surface area contributed by atoms with Crippen molar-refractivity contribution < 1.29 is 20.6 Å². The normalized spacial score (nSPS) is 12.7. The molecule has 0 aliphatic heterocycles. The second kappa shape index (κ2) is 22.1. The maximum atomic E-state index is 7.51. The van der Waals surface area contributed by atoms with Crippen LogP contribution in [0.3, 0.4) is 0 Å². The van der Waals surface area contributed by atoms with Gasteiger partial charge in [-0.05, 0) is 66.6 Å². The third-order valence-electron chi connectivity index (χ3n) is 8.01. The summed E-state index contributed by atoms with van der Waals surface area (Å²) in [4.78, 5) is 0. The standard InChI is InChI=1S/C36H50O5Si6.6CH4/c1-11-42(3,4)37-46(10,41-45(9,33-25-17-13-18-26-33)34-27-19-14-20-28-34)39-44(7,8)40-47(38-43(5,6)12-2,35-29-21-15-22-30-35)36-31-23-16-24-32-36;;;;;;/h11-32H,1-2H2,3-10H3;6*1H4. The van der Waals surface area contributed by atoms with E-state index in [9.17, 15) is 0 Å². The van der Waals surface area contributed by atoms with Gasteiger partial charge in [0.15, 0.2) is 0 Å². The first-order valence-electron chi connectivity index (χ1n) is 16.1. The molecule has 5 nitrogen and oxygen atoms in total. The highest BCUT2D eigenvalue weighted by Crippen LogP contribution is 2.30. The summed E-state index contributed by atoms with van der Waals surface area (Å²) in [5, 5.41) is 4.35. The quantitative estimate of drug-likeness (QED) is 0.105. The minimum atomic E-state index is -3.46. The number of hydrogen-bond acceptors (Lipinski definition) is 5. The maximum absolute atomic E-state index is 7.51. The van der Waals surface area contributed by atoms with Crippen molar-refractivity contribution in [2.24, 2.45) is 0 Å². The molecule has 0 N–H and O–H groups in total. The van der Waals surface area contributed by atoms with Gasteiger partial charge in [0.05, 0.1) is 0 Å². The van der Waals surface area contributed by atoms with Gasteiger partial charge in [0.2, 0.25) is 25.0 Å². The molecule has 0 radical (unpaired) electrons. The fourth-order valence-corrected chi connectivity index (χ4v) is 31.6. The average Bonchev–Trinajstić information content (AvgIpc) is 3.05. The van der Waals surface area contributed by atoms with Gasteiger partial charge < -0.3 is 20.6 Å². The summed E-state index contributed by atoms with van der Waals surface area (Å²) in [5.41, 5.74) is 3.91. The number of rotatable bonds is 16. The van der Waals surface area contributed by atoms with Gasteiger partial charge in [-0.15, -0.1) is 13.2 Å². The van der Waals surface area contributed by atoms with Gasteiger partial charge in [-0.3, -0.25) is 0 Å². The van der Waals surface area contributed by atoms with E-state index in [1.54, 1.807) is 0 Å². The average molecular weight is 828 g/mol. The van der Waals surface area contributed by atoms with Crippen molar-refractivity contribution in [2.45, 2.75) is 96.9 Å². The van der Waals surface area contributed by atoms with Crippen molar-refractivity contribution in [3.8, 4) is 0 Å². The highest BCUT2D eigenvalue weighted by atomic mass is 28.5. The zero-order valence-electron chi connectivity index (χ0n) is 29.2. The minimum Gasteiger partial charge on any atom is -0.426 e. The van der Waals surface area contributed by atoms with Crippen LogP contribution in [0.5, 0.6) is 0 Å². The minimum absolute atomic E-state index is 0. The first kappa shape index (κ1) is 54.8. The van der Waals surface area contributed by atoms with E-state index < -0.39 is 50.9 Å². The van der Waals surface area contributed by atoms with E-state index in [2.05, 4.69) is 132 Å². The SMILES string of the molecule is C.C.C.C.C.C.C=C[Si](C)(C)O[Si](C)(O[Si](C)(C)O[Si](O[Si](C)(C)C=C)(c1ccccc1)c1ccccc1)O[Si](C)(c1ccccc1)c1ccccc1. The fourth-order valence-electron chi connectivity index (χ4n) is 5.71. The van der Waals surface area contributed by atoms with Gasteiger partial charge in [-0.2, -0.15) is 0 Å². The van der Waals surface area contributed by atoms with Crippen LogP contribution in [-0.2, 0) is 20.6 Å². The van der Waals surface area contributed by atoms with Gasteiger partial charge in [0, 0.05) is 6.55 Å². The molecule has 0 bridgehead atoms. The summed E-state index contributed by atoms with van der Waals surface area (Å²) < 4.78 is 36.6. The number of hydrogen-bond donors (Lipinski definition) is 0. The Kier molecular flexibility index (Phi) is 22.9. The first-order chi connectivity index (χ1) is 22.1. The van der Waals surface area contributed by atoms with Gasteiger partial charge in [0.25, 0.3) is 0 Å². The van der Waals surface area contributed by atoms with Gasteiger partial charge in [-0.25, -0.2) is 0 Å². The molecule has 4 aromatic rings. The van der Waals surface area contributed by atoms with E-state index in [1.807, 2.05) is 66.5 Å². The second-order valence-corrected chi connectivity index (χ2v) is 34.9. The molecule has 1 unspecified atom stereocenters. The van der Waals surface area contributed by atoms with Crippen LogP contribution in [0.2, 0.25) is 52.4 Å². The third kappa shape index (κ3) is 13.9. The van der Waals surface area contributed by atoms with Gasteiger partial charge in [-0.1, -0.05) is 177 Å². The topological polar surface area (TPSA) is 46.2 Å². The summed E-state index contributed by atoms with van der Waals surface area (Å²) in [7, 11) is -17.6. The molecule has 53 heavy (non-hydrogen) atoms. The van der Waals surface area contributed by atoms with E-state index >= 15 is 0 Å². The predicted molar refractivity (Wildman–Crippen MR) is 252 cm³/mol. The van der Waals surface area contributed by atoms with Crippen molar-refractivity contribution in [1.82, 2.24) is 0 Å². The highest BCUT2D eigenvalue weighted by molar-refractivity contribution is 7.04. The third-order valence-corrected chi connectivity index (χ3v) is 31.6. The molecular weight excluding hydrogens is 753 g/mol. The van der Waals surface area contributed by atoms with Crippen molar-refractivity contribution in [2.75, 3.05) is 0 Å². The zero-order chi connectivity index (χ0) is 34.4. The summed E-state index contributed by atoms with van der Waals surface area (Å²) in [6.45, 7) is 25.3. The second-order valence-electron chi connectivity index (χ2n) is 13.5. The lowest BCUT2D eigenvalue weighted by Crippen LogP contribution is -2.73. The molecule has 0 aliphatic rings. The van der Waals surface area contributed by atoms with Crippen LogP contribution in [-0.4, -0.2) is 50.9 Å². The molecule has 4 aromatic carbocycles. The van der Waals surface area contributed by atoms with Crippen LogP contribution in [0.1, 0.15) is 44.6 Å². The Hall–Kier alpha value is -2.54. The van der Waals surface area contributed by atoms with E-state index in [0.29, 0.717) is 0 Å². The lowest BCUT2D eigenvalue weighted by Gasteiger charge is -2.46. The van der Waals surface area contributed by atoms with Crippen LogP contribution in [0.25, 0.3) is 0 Å². The molecule has 0 aromatic heterocycles. The monoisotopic (exact) mass is 826 g/mol. The Bertz CT molecular complexity index is 1530. The fraction of sp³-hybridized carbons (Fsp3) is 0.333. The molecule has 296 valence electrons. The molecular formula is C42H74O5Si6. The van der Waals surface area contributed by atoms with Crippen LogP contribution >= 0.6 is 0 Å². The van der Waals surface area contributed by atoms with Crippen LogP contribution in [0.4, 0.5) is 0 Å². The van der Waals surface area contributed by atoms with Crippen LogP contribution < -0.4 is 20.7 Å².